The summed E-state index contributed by atoms with van der Waals surface area (Å²) >= 11 is 5.67. The second kappa shape index (κ2) is 2.96. The third-order valence-electron chi connectivity index (χ3n) is 1.96. The summed E-state index contributed by atoms with van der Waals surface area (Å²) in [5, 5.41) is 1.09. The summed E-state index contributed by atoms with van der Waals surface area (Å²) in [4.78, 5) is 3.93. The van der Waals surface area contributed by atoms with E-state index in [0.717, 1.165) is 5.39 Å². The van der Waals surface area contributed by atoms with Gasteiger partial charge in [0.2, 0.25) is 0 Å². The molecule has 0 spiro atoms. The summed E-state index contributed by atoms with van der Waals surface area (Å²) in [5.74, 6) is -0.292. The normalized spacial score (nSPS) is 10.7. The number of halogens is 2. The summed E-state index contributed by atoms with van der Waals surface area (Å²) in [5.41, 5.74) is 0.926. The number of aromatic nitrogens is 1. The van der Waals surface area contributed by atoms with Crippen molar-refractivity contribution in [2.45, 2.75) is 6.92 Å². The Morgan fingerprint density at radius 3 is 2.69 bits per heavy atom. The third kappa shape index (κ3) is 1.38. The van der Waals surface area contributed by atoms with Gasteiger partial charge in [-0.3, -0.25) is 0 Å². The van der Waals surface area contributed by atoms with Gasteiger partial charge in [-0.05, 0) is 24.6 Å². The molecule has 66 valence electrons. The zero-order chi connectivity index (χ0) is 9.42. The van der Waals surface area contributed by atoms with Gasteiger partial charge in [-0.15, -0.1) is 0 Å². The maximum Gasteiger partial charge on any atom is 0.152 e. The first kappa shape index (κ1) is 8.45. The molecule has 13 heavy (non-hydrogen) atoms. The van der Waals surface area contributed by atoms with Crippen LogP contribution in [0.3, 0.4) is 0 Å². The van der Waals surface area contributed by atoms with E-state index in [9.17, 15) is 4.39 Å². The van der Waals surface area contributed by atoms with Gasteiger partial charge in [0.05, 0.1) is 0 Å². The molecule has 0 atom stereocenters. The molecule has 0 amide bonds. The molecule has 2 rings (SSSR count). The fourth-order valence-electron chi connectivity index (χ4n) is 1.23. The molecule has 0 aliphatic heterocycles. The van der Waals surface area contributed by atoms with Gasteiger partial charge >= 0.3 is 0 Å². The SMILES string of the molecule is Cc1ccc2ccc(Cl)nc2c1F. The number of hydrogen-bond acceptors (Lipinski definition) is 1. The van der Waals surface area contributed by atoms with Crippen molar-refractivity contribution >= 4 is 22.5 Å². The van der Waals surface area contributed by atoms with Crippen molar-refractivity contribution in [3.63, 3.8) is 0 Å². The van der Waals surface area contributed by atoms with Crippen LogP contribution in [0.1, 0.15) is 5.56 Å². The zero-order valence-electron chi connectivity index (χ0n) is 7.01. The maximum absolute atomic E-state index is 13.5. The molecule has 0 radical (unpaired) electrons. The first-order valence-electron chi connectivity index (χ1n) is 3.90. The van der Waals surface area contributed by atoms with Crippen LogP contribution in [-0.4, -0.2) is 4.98 Å². The van der Waals surface area contributed by atoms with Gasteiger partial charge in [-0.2, -0.15) is 0 Å². The molecule has 0 bridgehead atoms. The fourth-order valence-corrected chi connectivity index (χ4v) is 1.38. The van der Waals surface area contributed by atoms with E-state index < -0.39 is 0 Å². The van der Waals surface area contributed by atoms with E-state index in [2.05, 4.69) is 4.98 Å². The molecule has 0 saturated carbocycles. The number of nitrogens with zero attached hydrogens (tertiary/aromatic N) is 1. The van der Waals surface area contributed by atoms with Gasteiger partial charge in [0.15, 0.2) is 5.82 Å². The molecule has 3 heteroatoms. The van der Waals surface area contributed by atoms with E-state index in [4.69, 9.17) is 11.6 Å². The number of pyridine rings is 1. The highest BCUT2D eigenvalue weighted by Gasteiger charge is 2.05. The summed E-state index contributed by atoms with van der Waals surface area (Å²) < 4.78 is 13.5. The van der Waals surface area contributed by atoms with Crippen molar-refractivity contribution in [2.24, 2.45) is 0 Å². The summed E-state index contributed by atoms with van der Waals surface area (Å²) in [7, 11) is 0. The van der Waals surface area contributed by atoms with E-state index >= 15 is 0 Å². The van der Waals surface area contributed by atoms with Crippen molar-refractivity contribution in [1.29, 1.82) is 0 Å². The Morgan fingerprint density at radius 2 is 1.92 bits per heavy atom. The number of fused-ring (bicyclic) bond motifs is 1. The van der Waals surface area contributed by atoms with Crippen LogP contribution in [0.4, 0.5) is 4.39 Å². The van der Waals surface area contributed by atoms with Crippen LogP contribution >= 0.6 is 11.6 Å². The second-order valence-electron chi connectivity index (χ2n) is 2.90. The zero-order valence-corrected chi connectivity index (χ0v) is 7.77. The smallest absolute Gasteiger partial charge is 0.152 e. The minimum Gasteiger partial charge on any atom is -0.233 e. The predicted octanol–water partition coefficient (Wildman–Crippen LogP) is 3.34. The van der Waals surface area contributed by atoms with E-state index in [1.54, 1.807) is 25.1 Å². The topological polar surface area (TPSA) is 12.9 Å². The van der Waals surface area contributed by atoms with Gasteiger partial charge in [-0.1, -0.05) is 23.7 Å². The van der Waals surface area contributed by atoms with Crippen molar-refractivity contribution in [3.05, 3.63) is 40.8 Å². The van der Waals surface area contributed by atoms with Crippen LogP contribution in [0.2, 0.25) is 5.15 Å². The Bertz CT molecular complexity index is 462. The van der Waals surface area contributed by atoms with Gasteiger partial charge in [-0.25, -0.2) is 9.37 Å². The van der Waals surface area contributed by atoms with Crippen LogP contribution in [0, 0.1) is 12.7 Å². The van der Waals surface area contributed by atoms with E-state index in [0.29, 0.717) is 16.2 Å². The fraction of sp³-hybridized carbons (Fsp3) is 0.100. The molecule has 0 aliphatic rings. The highest BCUT2D eigenvalue weighted by molar-refractivity contribution is 6.29. The highest BCUT2D eigenvalue weighted by atomic mass is 35.5. The van der Waals surface area contributed by atoms with Crippen LogP contribution in [0.5, 0.6) is 0 Å². The Hall–Kier alpha value is -1.15. The molecule has 1 aromatic heterocycles. The first-order chi connectivity index (χ1) is 6.18. The molecule has 2 aromatic rings. The van der Waals surface area contributed by atoms with Crippen LogP contribution in [-0.2, 0) is 0 Å². The Kier molecular flexibility index (Phi) is 1.93. The molecular formula is C10H7ClFN. The van der Waals surface area contributed by atoms with E-state index in [-0.39, 0.29) is 5.82 Å². The van der Waals surface area contributed by atoms with Crippen LogP contribution in [0.25, 0.3) is 10.9 Å². The summed E-state index contributed by atoms with van der Waals surface area (Å²) in [6, 6.07) is 6.97. The lowest BCUT2D eigenvalue weighted by Crippen LogP contribution is -1.88. The maximum atomic E-state index is 13.5. The average Bonchev–Trinajstić information content (AvgIpc) is 2.12. The van der Waals surface area contributed by atoms with Gasteiger partial charge < -0.3 is 0 Å². The van der Waals surface area contributed by atoms with Crippen molar-refractivity contribution in [1.82, 2.24) is 4.98 Å². The van der Waals surface area contributed by atoms with Crippen molar-refractivity contribution in [2.75, 3.05) is 0 Å². The lowest BCUT2D eigenvalue weighted by atomic mass is 10.1. The average molecular weight is 196 g/mol. The molecule has 1 heterocycles. The monoisotopic (exact) mass is 195 g/mol. The number of benzene rings is 1. The number of rotatable bonds is 0. The second-order valence-corrected chi connectivity index (χ2v) is 3.29. The first-order valence-corrected chi connectivity index (χ1v) is 4.27. The molecular weight excluding hydrogens is 189 g/mol. The molecule has 1 nitrogen and oxygen atoms in total. The van der Waals surface area contributed by atoms with Crippen molar-refractivity contribution in [3.8, 4) is 0 Å². The van der Waals surface area contributed by atoms with E-state index in [1.807, 2.05) is 6.07 Å². The van der Waals surface area contributed by atoms with Gasteiger partial charge in [0, 0.05) is 5.39 Å². The van der Waals surface area contributed by atoms with Crippen LogP contribution < -0.4 is 0 Å². The Balaban J connectivity index is 2.89. The molecule has 1 aromatic carbocycles. The van der Waals surface area contributed by atoms with Gasteiger partial charge in [0.25, 0.3) is 0 Å². The summed E-state index contributed by atoms with van der Waals surface area (Å²) in [6.45, 7) is 1.71. The largest absolute Gasteiger partial charge is 0.233 e. The molecule has 0 N–H and O–H groups in total. The minimum atomic E-state index is -0.292. The van der Waals surface area contributed by atoms with Gasteiger partial charge in [0.1, 0.15) is 10.7 Å². The Morgan fingerprint density at radius 1 is 1.23 bits per heavy atom. The standard InChI is InChI=1S/C10H7ClFN/c1-6-2-3-7-4-5-8(11)13-10(7)9(6)12/h2-5H,1H3. The number of hydrogen-bond donors (Lipinski definition) is 0. The lowest BCUT2D eigenvalue weighted by molar-refractivity contribution is 0.627. The van der Waals surface area contributed by atoms with Crippen LogP contribution in [0.15, 0.2) is 24.3 Å². The lowest BCUT2D eigenvalue weighted by Gasteiger charge is -2.01. The minimum absolute atomic E-state index is 0.292. The highest BCUT2D eigenvalue weighted by Crippen LogP contribution is 2.20. The number of aryl methyl sites for hydroxylation is 1. The molecule has 0 fully saturated rings. The summed E-state index contributed by atoms with van der Waals surface area (Å²) in [6.07, 6.45) is 0. The predicted molar refractivity (Wildman–Crippen MR) is 51.4 cm³/mol. The van der Waals surface area contributed by atoms with Crippen molar-refractivity contribution < 1.29 is 4.39 Å². The quantitative estimate of drug-likeness (QED) is 0.588. The van der Waals surface area contributed by atoms with E-state index in [1.165, 1.54) is 0 Å². The Labute approximate surface area is 80.2 Å². The molecule has 0 aliphatic carbocycles. The molecule has 0 unspecified atom stereocenters. The third-order valence-corrected chi connectivity index (χ3v) is 2.17. The molecule has 0 saturated heterocycles.